The molecule has 1 N–H and O–H groups in total. The van der Waals surface area contributed by atoms with Crippen LogP contribution in [0.2, 0.25) is 0 Å². The first kappa shape index (κ1) is 16.3. The van der Waals surface area contributed by atoms with Gasteiger partial charge in [-0.3, -0.25) is 0 Å². The highest BCUT2D eigenvalue weighted by molar-refractivity contribution is 9.11. The lowest BCUT2D eigenvalue weighted by atomic mass is 9.80. The number of rotatable bonds is 5. The molecular formula is C16H23Br2NO. The maximum Gasteiger partial charge on any atom is 0.137 e. The second kappa shape index (κ2) is 7.81. The van der Waals surface area contributed by atoms with Crippen molar-refractivity contribution in [1.29, 1.82) is 0 Å². The summed E-state index contributed by atoms with van der Waals surface area (Å²) < 4.78 is 7.56. The Morgan fingerprint density at radius 2 is 2.00 bits per heavy atom. The summed E-state index contributed by atoms with van der Waals surface area (Å²) in [7, 11) is 1.72. The molecule has 20 heavy (non-hydrogen) atoms. The number of nitrogens with one attached hydrogen (secondary N) is 1. The highest BCUT2D eigenvalue weighted by atomic mass is 79.9. The summed E-state index contributed by atoms with van der Waals surface area (Å²) in [5, 5.41) is 3.61. The molecule has 0 aromatic heterocycles. The van der Waals surface area contributed by atoms with Gasteiger partial charge in [0, 0.05) is 16.6 Å². The molecular weight excluding hydrogens is 382 g/mol. The lowest BCUT2D eigenvalue weighted by molar-refractivity contribution is 0.247. The second-order valence-corrected chi connectivity index (χ2v) is 7.50. The zero-order valence-corrected chi connectivity index (χ0v) is 15.4. The van der Waals surface area contributed by atoms with Crippen molar-refractivity contribution >= 4 is 31.9 Å². The standard InChI is InChI=1S/C16H23Br2NO/c1-11-5-3-4-6-12(11)9-19-10-13-7-14(17)8-15(18)16(13)20-2/h7-8,11-12,19H,3-6,9-10H2,1-2H3. The zero-order chi connectivity index (χ0) is 14.5. The number of halogens is 2. The molecule has 0 spiro atoms. The maximum absolute atomic E-state index is 5.49. The van der Waals surface area contributed by atoms with E-state index in [2.05, 4.69) is 50.2 Å². The van der Waals surface area contributed by atoms with Gasteiger partial charge in [0.25, 0.3) is 0 Å². The van der Waals surface area contributed by atoms with E-state index in [0.717, 1.165) is 39.6 Å². The zero-order valence-electron chi connectivity index (χ0n) is 12.2. The van der Waals surface area contributed by atoms with Gasteiger partial charge in [-0.05, 0) is 52.9 Å². The summed E-state index contributed by atoms with van der Waals surface area (Å²) in [6.45, 7) is 4.35. The summed E-state index contributed by atoms with van der Waals surface area (Å²) in [6.07, 6.45) is 5.55. The Kier molecular flexibility index (Phi) is 6.37. The summed E-state index contributed by atoms with van der Waals surface area (Å²) in [4.78, 5) is 0. The SMILES string of the molecule is COc1c(Br)cc(Br)cc1CNCC1CCCCC1C. The average molecular weight is 405 g/mol. The third-order valence-electron chi connectivity index (χ3n) is 4.30. The minimum atomic E-state index is 0.824. The number of hydrogen-bond acceptors (Lipinski definition) is 2. The van der Waals surface area contributed by atoms with Crippen LogP contribution in [0.15, 0.2) is 21.1 Å². The Labute approximate surface area is 138 Å². The van der Waals surface area contributed by atoms with Crippen molar-refractivity contribution in [2.75, 3.05) is 13.7 Å². The van der Waals surface area contributed by atoms with Crippen LogP contribution < -0.4 is 10.1 Å². The van der Waals surface area contributed by atoms with Crippen LogP contribution in [-0.2, 0) is 6.54 Å². The fourth-order valence-electron chi connectivity index (χ4n) is 3.06. The number of benzene rings is 1. The van der Waals surface area contributed by atoms with E-state index in [1.165, 1.54) is 31.2 Å². The van der Waals surface area contributed by atoms with Crippen molar-refractivity contribution in [2.24, 2.45) is 11.8 Å². The Hall–Kier alpha value is -0.0600. The van der Waals surface area contributed by atoms with Gasteiger partial charge in [-0.1, -0.05) is 42.1 Å². The molecule has 0 bridgehead atoms. The Morgan fingerprint density at radius 1 is 1.25 bits per heavy atom. The van der Waals surface area contributed by atoms with E-state index in [1.54, 1.807) is 7.11 Å². The molecule has 1 saturated carbocycles. The van der Waals surface area contributed by atoms with Crippen LogP contribution >= 0.6 is 31.9 Å². The smallest absolute Gasteiger partial charge is 0.137 e. The van der Waals surface area contributed by atoms with E-state index in [-0.39, 0.29) is 0 Å². The van der Waals surface area contributed by atoms with Crippen LogP contribution in [0.5, 0.6) is 5.75 Å². The van der Waals surface area contributed by atoms with E-state index in [1.807, 2.05) is 6.07 Å². The third kappa shape index (κ3) is 4.22. The number of methoxy groups -OCH3 is 1. The molecule has 1 aliphatic carbocycles. The monoisotopic (exact) mass is 403 g/mol. The first-order chi connectivity index (χ1) is 9.61. The maximum atomic E-state index is 5.49. The summed E-state index contributed by atoms with van der Waals surface area (Å²) in [6, 6.07) is 4.15. The van der Waals surface area contributed by atoms with Gasteiger partial charge in [0.1, 0.15) is 5.75 Å². The van der Waals surface area contributed by atoms with E-state index >= 15 is 0 Å². The highest BCUT2D eigenvalue weighted by Gasteiger charge is 2.20. The number of hydrogen-bond donors (Lipinski definition) is 1. The third-order valence-corrected chi connectivity index (χ3v) is 5.35. The van der Waals surface area contributed by atoms with Crippen molar-refractivity contribution < 1.29 is 4.74 Å². The van der Waals surface area contributed by atoms with Crippen molar-refractivity contribution in [3.8, 4) is 5.75 Å². The normalized spacial score (nSPS) is 22.8. The molecule has 4 heteroatoms. The predicted molar refractivity (Wildman–Crippen MR) is 91.2 cm³/mol. The Morgan fingerprint density at radius 3 is 2.70 bits per heavy atom. The molecule has 2 atom stereocenters. The van der Waals surface area contributed by atoms with E-state index in [9.17, 15) is 0 Å². The molecule has 1 aliphatic rings. The van der Waals surface area contributed by atoms with Gasteiger partial charge in [-0.2, -0.15) is 0 Å². The van der Waals surface area contributed by atoms with Crippen LogP contribution in [0, 0.1) is 11.8 Å². The van der Waals surface area contributed by atoms with E-state index < -0.39 is 0 Å². The average Bonchev–Trinajstić information content (AvgIpc) is 2.40. The van der Waals surface area contributed by atoms with Crippen molar-refractivity contribution in [3.05, 3.63) is 26.6 Å². The molecule has 0 radical (unpaired) electrons. The quantitative estimate of drug-likeness (QED) is 0.733. The summed E-state index contributed by atoms with van der Waals surface area (Å²) >= 11 is 7.09. The van der Waals surface area contributed by atoms with Gasteiger partial charge < -0.3 is 10.1 Å². The van der Waals surface area contributed by atoms with Crippen LogP contribution in [0.4, 0.5) is 0 Å². The van der Waals surface area contributed by atoms with Crippen molar-refractivity contribution in [2.45, 2.75) is 39.2 Å². The largest absolute Gasteiger partial charge is 0.495 e. The van der Waals surface area contributed by atoms with Crippen LogP contribution in [0.25, 0.3) is 0 Å². The molecule has 0 amide bonds. The van der Waals surface area contributed by atoms with Gasteiger partial charge in [-0.25, -0.2) is 0 Å². The van der Waals surface area contributed by atoms with Crippen LogP contribution in [-0.4, -0.2) is 13.7 Å². The van der Waals surface area contributed by atoms with Crippen LogP contribution in [0.1, 0.15) is 38.2 Å². The molecule has 0 saturated heterocycles. The molecule has 1 fully saturated rings. The summed E-state index contributed by atoms with van der Waals surface area (Å²) in [5.41, 5.74) is 1.19. The highest BCUT2D eigenvalue weighted by Crippen LogP contribution is 2.33. The molecule has 0 aliphatic heterocycles. The fraction of sp³-hybridized carbons (Fsp3) is 0.625. The van der Waals surface area contributed by atoms with Gasteiger partial charge in [0.15, 0.2) is 0 Å². The van der Waals surface area contributed by atoms with Gasteiger partial charge >= 0.3 is 0 Å². The molecule has 1 aromatic carbocycles. The van der Waals surface area contributed by atoms with E-state index in [4.69, 9.17) is 4.74 Å². The van der Waals surface area contributed by atoms with Gasteiger partial charge in [0.05, 0.1) is 11.6 Å². The van der Waals surface area contributed by atoms with Crippen LogP contribution in [0.3, 0.4) is 0 Å². The first-order valence-electron chi connectivity index (χ1n) is 7.34. The minimum absolute atomic E-state index is 0.824. The molecule has 2 nitrogen and oxygen atoms in total. The molecule has 2 unspecified atom stereocenters. The molecule has 1 aromatic rings. The molecule has 2 rings (SSSR count). The second-order valence-electron chi connectivity index (χ2n) is 5.73. The van der Waals surface area contributed by atoms with Crippen molar-refractivity contribution in [1.82, 2.24) is 5.32 Å². The Balaban J connectivity index is 1.93. The Bertz CT molecular complexity index is 450. The molecule has 0 heterocycles. The topological polar surface area (TPSA) is 21.3 Å². The fourth-order valence-corrected chi connectivity index (χ4v) is 4.54. The summed E-state index contributed by atoms with van der Waals surface area (Å²) in [5.74, 6) is 2.61. The minimum Gasteiger partial charge on any atom is -0.495 e. The predicted octanol–water partition coefficient (Wildman–Crippen LogP) is 5.14. The first-order valence-corrected chi connectivity index (χ1v) is 8.93. The number of ether oxygens (including phenoxy) is 1. The van der Waals surface area contributed by atoms with Gasteiger partial charge in [0.2, 0.25) is 0 Å². The molecule has 112 valence electrons. The lowest BCUT2D eigenvalue weighted by Crippen LogP contribution is -2.29. The lowest BCUT2D eigenvalue weighted by Gasteiger charge is -2.29. The van der Waals surface area contributed by atoms with Crippen molar-refractivity contribution in [3.63, 3.8) is 0 Å². The van der Waals surface area contributed by atoms with Gasteiger partial charge in [-0.15, -0.1) is 0 Å². The van der Waals surface area contributed by atoms with E-state index in [0.29, 0.717) is 0 Å².